The average molecular weight is 553 g/mol. The molecule has 5 aromatic rings. The molecule has 0 aliphatic rings. The molecular formula is C32H26F2N4O3. The van der Waals surface area contributed by atoms with Crippen molar-refractivity contribution in [2.75, 3.05) is 24.3 Å². The van der Waals surface area contributed by atoms with E-state index >= 15 is 0 Å². The van der Waals surface area contributed by atoms with Crippen molar-refractivity contribution in [2.24, 2.45) is 0 Å². The molecule has 0 saturated heterocycles. The van der Waals surface area contributed by atoms with Gasteiger partial charge in [0.25, 0.3) is 5.91 Å². The number of ether oxygens (including phenoxy) is 1. The molecule has 4 aromatic carbocycles. The Bertz CT molecular complexity index is 1710. The minimum Gasteiger partial charge on any atom is -0.407 e. The Morgan fingerprint density at radius 3 is 2.07 bits per heavy atom. The second kappa shape index (κ2) is 11.4. The zero-order chi connectivity index (χ0) is 29.1. The van der Waals surface area contributed by atoms with Gasteiger partial charge in [-0.05, 0) is 78.4 Å². The number of carbonyl (C=O) groups is 2. The summed E-state index contributed by atoms with van der Waals surface area (Å²) in [5.74, 6) is -1.61. The first kappa shape index (κ1) is 27.3. The summed E-state index contributed by atoms with van der Waals surface area (Å²) in [6.07, 6.45) is 0. The number of hydrogen-bond donors (Lipinski definition) is 1. The highest BCUT2D eigenvalue weighted by Gasteiger charge is 2.25. The van der Waals surface area contributed by atoms with Crippen molar-refractivity contribution in [1.82, 2.24) is 9.78 Å². The first-order chi connectivity index (χ1) is 19.7. The first-order valence-electron chi connectivity index (χ1n) is 12.7. The Hall–Kier alpha value is -5.31. The Labute approximate surface area is 235 Å². The van der Waals surface area contributed by atoms with E-state index in [0.717, 1.165) is 11.3 Å². The highest BCUT2D eigenvalue weighted by Crippen LogP contribution is 2.42. The molecule has 0 radical (unpaired) electrons. The largest absolute Gasteiger partial charge is 0.407 e. The van der Waals surface area contributed by atoms with Crippen LogP contribution in [-0.4, -0.2) is 35.8 Å². The number of benzene rings is 4. The highest BCUT2D eigenvalue weighted by molar-refractivity contribution is 6.04. The van der Waals surface area contributed by atoms with E-state index in [1.165, 1.54) is 48.0 Å². The first-order valence-corrected chi connectivity index (χ1v) is 12.7. The molecule has 206 valence electrons. The van der Waals surface area contributed by atoms with Gasteiger partial charge in [-0.2, -0.15) is 9.78 Å². The number of nitrogens with one attached hydrogen (secondary N) is 1. The van der Waals surface area contributed by atoms with Crippen molar-refractivity contribution in [3.05, 3.63) is 114 Å². The van der Waals surface area contributed by atoms with Crippen molar-refractivity contribution in [3.8, 4) is 34.0 Å². The average Bonchev–Trinajstić information content (AvgIpc) is 3.32. The molecule has 0 fully saturated rings. The zero-order valence-electron chi connectivity index (χ0n) is 22.6. The van der Waals surface area contributed by atoms with Crippen LogP contribution in [0.3, 0.4) is 0 Å². The summed E-state index contributed by atoms with van der Waals surface area (Å²) in [5.41, 5.74) is 4.79. The van der Waals surface area contributed by atoms with Gasteiger partial charge in [0.05, 0.1) is 11.3 Å². The third-order valence-electron chi connectivity index (χ3n) is 6.33. The molecule has 5 rings (SSSR count). The van der Waals surface area contributed by atoms with Crippen LogP contribution in [0, 0.1) is 11.6 Å². The van der Waals surface area contributed by atoms with Crippen molar-refractivity contribution in [3.63, 3.8) is 0 Å². The molecule has 1 aromatic heterocycles. The predicted octanol–water partition coefficient (Wildman–Crippen LogP) is 6.73. The molecule has 0 aliphatic carbocycles. The molecule has 0 aliphatic heterocycles. The number of hydrogen-bond acceptors (Lipinski definition) is 5. The lowest BCUT2D eigenvalue weighted by Crippen LogP contribution is -2.11. The number of carbonyl (C=O) groups excluding carboxylic acids is 2. The van der Waals surface area contributed by atoms with Crippen LogP contribution in [0.2, 0.25) is 0 Å². The smallest absolute Gasteiger partial charge is 0.309 e. The molecule has 1 amide bonds. The molecule has 41 heavy (non-hydrogen) atoms. The van der Waals surface area contributed by atoms with Crippen LogP contribution in [0.25, 0.3) is 28.1 Å². The van der Waals surface area contributed by atoms with Crippen LogP contribution in [0.4, 0.5) is 20.2 Å². The summed E-state index contributed by atoms with van der Waals surface area (Å²) in [5, 5.41) is 7.62. The Balaban J connectivity index is 1.62. The van der Waals surface area contributed by atoms with Crippen LogP contribution in [0.5, 0.6) is 5.88 Å². The van der Waals surface area contributed by atoms with Gasteiger partial charge < -0.3 is 15.0 Å². The molecule has 0 bridgehead atoms. The molecule has 1 heterocycles. The maximum absolute atomic E-state index is 13.7. The lowest BCUT2D eigenvalue weighted by molar-refractivity contribution is -0.132. The third-order valence-corrected chi connectivity index (χ3v) is 6.33. The van der Waals surface area contributed by atoms with Gasteiger partial charge in [0.1, 0.15) is 17.3 Å². The lowest BCUT2D eigenvalue weighted by atomic mass is 10.0. The number of esters is 1. The summed E-state index contributed by atoms with van der Waals surface area (Å²) in [7, 11) is 3.86. The fraction of sp³-hybridized carbons (Fsp3) is 0.0938. The van der Waals surface area contributed by atoms with E-state index < -0.39 is 17.6 Å². The van der Waals surface area contributed by atoms with Gasteiger partial charge in [0.2, 0.25) is 5.88 Å². The maximum Gasteiger partial charge on any atom is 0.309 e. The number of aromatic nitrogens is 2. The van der Waals surface area contributed by atoms with Crippen molar-refractivity contribution in [1.29, 1.82) is 0 Å². The van der Waals surface area contributed by atoms with E-state index in [1.807, 2.05) is 43.3 Å². The molecular weight excluding hydrogens is 526 g/mol. The Morgan fingerprint density at radius 2 is 1.46 bits per heavy atom. The molecule has 1 N–H and O–H groups in total. The fourth-order valence-corrected chi connectivity index (χ4v) is 4.31. The van der Waals surface area contributed by atoms with E-state index in [1.54, 1.807) is 36.4 Å². The molecule has 0 saturated carbocycles. The highest BCUT2D eigenvalue weighted by atomic mass is 19.1. The topological polar surface area (TPSA) is 76.5 Å². The second-order valence-electron chi connectivity index (χ2n) is 9.49. The van der Waals surface area contributed by atoms with Gasteiger partial charge in [0, 0.05) is 43.5 Å². The fourth-order valence-electron chi connectivity index (χ4n) is 4.31. The Morgan fingerprint density at radius 1 is 0.829 bits per heavy atom. The van der Waals surface area contributed by atoms with Crippen molar-refractivity contribution < 1.29 is 23.1 Å². The zero-order valence-corrected chi connectivity index (χ0v) is 22.6. The van der Waals surface area contributed by atoms with Gasteiger partial charge in [-0.3, -0.25) is 9.59 Å². The standard InChI is InChI=1S/C32H26F2N4O3/c1-20(39)41-32-29(21-9-15-26(16-10-21)35-31(40)22-7-11-24(33)12-8-22)30(23-5-4-6-28(19-23)37(2)3)36-38(32)27-17-13-25(34)14-18-27/h4-19H,1-3H3,(H,35,40). The van der Waals surface area contributed by atoms with Crippen molar-refractivity contribution in [2.45, 2.75) is 6.92 Å². The van der Waals surface area contributed by atoms with Gasteiger partial charge in [-0.1, -0.05) is 24.3 Å². The summed E-state index contributed by atoms with van der Waals surface area (Å²) in [6.45, 7) is 1.30. The maximum atomic E-state index is 13.7. The van der Waals surface area contributed by atoms with Gasteiger partial charge in [-0.25, -0.2) is 8.78 Å². The number of nitrogens with zero attached hydrogens (tertiary/aromatic N) is 3. The molecule has 9 heteroatoms. The SMILES string of the molecule is CC(=O)Oc1c(-c2ccc(NC(=O)c3ccc(F)cc3)cc2)c(-c2cccc(N(C)C)c2)nn1-c1ccc(F)cc1. The number of anilines is 2. The van der Waals surface area contributed by atoms with E-state index in [0.29, 0.717) is 33.8 Å². The minimum atomic E-state index is -0.550. The van der Waals surface area contributed by atoms with Crippen molar-refractivity contribution >= 4 is 23.3 Å². The van der Waals surface area contributed by atoms with Crippen LogP contribution < -0.4 is 15.0 Å². The van der Waals surface area contributed by atoms with E-state index in [-0.39, 0.29) is 11.8 Å². The molecule has 0 atom stereocenters. The van der Waals surface area contributed by atoms with Crippen LogP contribution in [-0.2, 0) is 4.79 Å². The van der Waals surface area contributed by atoms with Crippen LogP contribution in [0.1, 0.15) is 17.3 Å². The number of rotatable bonds is 7. The summed E-state index contributed by atoms with van der Waals surface area (Å²) < 4.78 is 34.2. The van der Waals surface area contributed by atoms with Gasteiger partial charge >= 0.3 is 5.97 Å². The third kappa shape index (κ3) is 5.99. The quantitative estimate of drug-likeness (QED) is 0.227. The van der Waals surface area contributed by atoms with Crippen LogP contribution >= 0.6 is 0 Å². The number of amides is 1. The van der Waals surface area contributed by atoms with Gasteiger partial charge in [-0.15, -0.1) is 0 Å². The Kier molecular flexibility index (Phi) is 7.60. The van der Waals surface area contributed by atoms with Gasteiger partial charge in [0.15, 0.2) is 0 Å². The molecule has 0 spiro atoms. The summed E-state index contributed by atoms with van der Waals surface area (Å²) in [6, 6.07) is 25.7. The monoisotopic (exact) mass is 552 g/mol. The summed E-state index contributed by atoms with van der Waals surface area (Å²) in [4.78, 5) is 26.8. The van der Waals surface area contributed by atoms with E-state index in [9.17, 15) is 18.4 Å². The predicted molar refractivity (Wildman–Crippen MR) is 154 cm³/mol. The number of halogens is 2. The van der Waals surface area contributed by atoms with E-state index in [4.69, 9.17) is 9.84 Å². The normalized spacial score (nSPS) is 10.8. The lowest BCUT2D eigenvalue weighted by Gasteiger charge is -2.14. The van der Waals surface area contributed by atoms with Crippen LogP contribution in [0.15, 0.2) is 97.1 Å². The molecule has 0 unspecified atom stereocenters. The second-order valence-corrected chi connectivity index (χ2v) is 9.49. The summed E-state index contributed by atoms with van der Waals surface area (Å²) >= 11 is 0. The minimum absolute atomic E-state index is 0.164. The molecule has 7 nitrogen and oxygen atoms in total. The van der Waals surface area contributed by atoms with E-state index in [2.05, 4.69) is 5.32 Å².